The molecule has 4 nitrogen and oxygen atoms in total. The molecule has 1 aromatic carbocycles. The second-order valence-corrected chi connectivity index (χ2v) is 4.60. The van der Waals surface area contributed by atoms with Crippen LogP contribution in [0.4, 0.5) is 5.69 Å². The minimum absolute atomic E-state index is 0.0139. The fourth-order valence-electron chi connectivity index (χ4n) is 1.49. The van der Waals surface area contributed by atoms with Gasteiger partial charge in [-0.25, -0.2) is 0 Å². The van der Waals surface area contributed by atoms with E-state index in [4.69, 9.17) is 11.6 Å². The van der Waals surface area contributed by atoms with Gasteiger partial charge >= 0.3 is 0 Å². The number of hydrogen-bond donors (Lipinski definition) is 3. The van der Waals surface area contributed by atoms with Crippen molar-refractivity contribution in [1.82, 2.24) is 5.32 Å². The topological polar surface area (TPSA) is 61.4 Å². The van der Waals surface area contributed by atoms with Crippen LogP contribution in [-0.4, -0.2) is 23.6 Å². The quantitative estimate of drug-likeness (QED) is 0.706. The van der Waals surface area contributed by atoms with Crippen LogP contribution >= 0.6 is 11.6 Å². The number of rotatable bonds is 5. The molecule has 0 aromatic heterocycles. The van der Waals surface area contributed by atoms with Crippen LogP contribution in [0.3, 0.4) is 0 Å². The first kappa shape index (κ1) is 12.2. The first-order valence-corrected chi connectivity index (χ1v) is 6.04. The molecule has 17 heavy (non-hydrogen) atoms. The Balaban J connectivity index is 1.77. The summed E-state index contributed by atoms with van der Waals surface area (Å²) in [6, 6.07) is 5.22. The summed E-state index contributed by atoms with van der Waals surface area (Å²) in [4.78, 5) is 11.6. The average Bonchev–Trinajstić information content (AvgIpc) is 3.07. The minimum Gasteiger partial charge on any atom is -0.506 e. The van der Waals surface area contributed by atoms with Gasteiger partial charge in [0.1, 0.15) is 5.75 Å². The zero-order chi connectivity index (χ0) is 12.3. The van der Waals surface area contributed by atoms with E-state index in [1.54, 1.807) is 6.07 Å². The number of carbonyl (C=O) groups is 1. The SMILES string of the molecule is O=C(CCNC1CC1)Nc1ccc(O)c(Cl)c1. The number of anilines is 1. The van der Waals surface area contributed by atoms with E-state index >= 15 is 0 Å². The van der Waals surface area contributed by atoms with Crippen LogP contribution < -0.4 is 10.6 Å². The summed E-state index contributed by atoms with van der Waals surface area (Å²) in [5.74, 6) is -0.0417. The van der Waals surface area contributed by atoms with E-state index in [-0.39, 0.29) is 16.7 Å². The summed E-state index contributed by atoms with van der Waals surface area (Å²) < 4.78 is 0. The Morgan fingerprint density at radius 2 is 2.24 bits per heavy atom. The first-order chi connectivity index (χ1) is 8.15. The van der Waals surface area contributed by atoms with Crippen LogP contribution in [-0.2, 0) is 4.79 Å². The van der Waals surface area contributed by atoms with Gasteiger partial charge in [0.15, 0.2) is 0 Å². The predicted molar refractivity (Wildman–Crippen MR) is 67.4 cm³/mol. The number of phenolic OH excluding ortho intramolecular Hbond substituents is 1. The third kappa shape index (κ3) is 3.91. The minimum atomic E-state index is -0.0556. The van der Waals surface area contributed by atoms with Gasteiger partial charge in [0.25, 0.3) is 0 Å². The molecule has 1 aliphatic rings. The molecule has 0 radical (unpaired) electrons. The highest BCUT2D eigenvalue weighted by Gasteiger charge is 2.20. The lowest BCUT2D eigenvalue weighted by molar-refractivity contribution is -0.116. The van der Waals surface area contributed by atoms with Crippen molar-refractivity contribution in [2.45, 2.75) is 25.3 Å². The fraction of sp³-hybridized carbons (Fsp3) is 0.417. The number of aromatic hydroxyl groups is 1. The summed E-state index contributed by atoms with van der Waals surface area (Å²) in [7, 11) is 0. The molecule has 0 aliphatic heterocycles. The highest BCUT2D eigenvalue weighted by atomic mass is 35.5. The van der Waals surface area contributed by atoms with Crippen molar-refractivity contribution in [1.29, 1.82) is 0 Å². The maximum atomic E-state index is 11.6. The highest BCUT2D eigenvalue weighted by molar-refractivity contribution is 6.32. The van der Waals surface area contributed by atoms with Crippen molar-refractivity contribution in [3.8, 4) is 5.75 Å². The van der Waals surface area contributed by atoms with E-state index in [0.29, 0.717) is 24.7 Å². The van der Waals surface area contributed by atoms with Gasteiger partial charge < -0.3 is 15.7 Å². The Hall–Kier alpha value is -1.26. The number of halogens is 1. The number of hydrogen-bond acceptors (Lipinski definition) is 3. The molecule has 1 amide bonds. The third-order valence-corrected chi connectivity index (χ3v) is 2.90. The van der Waals surface area contributed by atoms with Gasteiger partial charge in [-0.05, 0) is 31.0 Å². The van der Waals surface area contributed by atoms with E-state index in [1.165, 1.54) is 25.0 Å². The van der Waals surface area contributed by atoms with Gasteiger partial charge in [-0.15, -0.1) is 0 Å². The van der Waals surface area contributed by atoms with E-state index in [2.05, 4.69) is 10.6 Å². The van der Waals surface area contributed by atoms with Crippen molar-refractivity contribution >= 4 is 23.2 Å². The highest BCUT2D eigenvalue weighted by Crippen LogP contribution is 2.26. The van der Waals surface area contributed by atoms with Crippen molar-refractivity contribution in [3.63, 3.8) is 0 Å². The second kappa shape index (κ2) is 5.38. The van der Waals surface area contributed by atoms with Crippen LogP contribution in [0.25, 0.3) is 0 Å². The van der Waals surface area contributed by atoms with Gasteiger partial charge in [0.05, 0.1) is 5.02 Å². The molecule has 0 saturated heterocycles. The van der Waals surface area contributed by atoms with E-state index in [1.807, 2.05) is 0 Å². The maximum absolute atomic E-state index is 11.6. The molecule has 0 unspecified atom stereocenters. The largest absolute Gasteiger partial charge is 0.506 e. The van der Waals surface area contributed by atoms with Crippen LogP contribution in [0, 0.1) is 0 Å². The smallest absolute Gasteiger partial charge is 0.225 e. The Morgan fingerprint density at radius 3 is 2.88 bits per heavy atom. The molecule has 92 valence electrons. The maximum Gasteiger partial charge on any atom is 0.225 e. The van der Waals surface area contributed by atoms with Crippen molar-refractivity contribution in [3.05, 3.63) is 23.2 Å². The molecule has 3 N–H and O–H groups in total. The van der Waals surface area contributed by atoms with Gasteiger partial charge in [0.2, 0.25) is 5.91 Å². The molecule has 2 rings (SSSR count). The fourth-order valence-corrected chi connectivity index (χ4v) is 1.67. The van der Waals surface area contributed by atoms with Crippen LogP contribution in [0.5, 0.6) is 5.75 Å². The van der Waals surface area contributed by atoms with Gasteiger partial charge in [-0.3, -0.25) is 4.79 Å². The van der Waals surface area contributed by atoms with Crippen molar-refractivity contribution < 1.29 is 9.90 Å². The number of carbonyl (C=O) groups excluding carboxylic acids is 1. The molecule has 1 saturated carbocycles. The van der Waals surface area contributed by atoms with Crippen molar-refractivity contribution in [2.75, 3.05) is 11.9 Å². The summed E-state index contributed by atoms with van der Waals surface area (Å²) in [6.07, 6.45) is 2.87. The van der Waals surface area contributed by atoms with Crippen LogP contribution in [0.15, 0.2) is 18.2 Å². The lowest BCUT2D eigenvalue weighted by atomic mass is 10.3. The molecule has 0 spiro atoms. The van der Waals surface area contributed by atoms with Gasteiger partial charge in [-0.2, -0.15) is 0 Å². The number of amides is 1. The van der Waals surface area contributed by atoms with Gasteiger partial charge in [0, 0.05) is 24.7 Å². The standard InChI is InChI=1S/C12H15ClN2O2/c13-10-7-9(3-4-11(10)16)15-12(17)5-6-14-8-1-2-8/h3-4,7-8,14,16H,1-2,5-6H2,(H,15,17). The Labute approximate surface area is 105 Å². The molecular weight excluding hydrogens is 240 g/mol. The average molecular weight is 255 g/mol. The van der Waals surface area contributed by atoms with Crippen molar-refractivity contribution in [2.24, 2.45) is 0 Å². The second-order valence-electron chi connectivity index (χ2n) is 4.19. The lowest BCUT2D eigenvalue weighted by Gasteiger charge is -2.06. The van der Waals surface area contributed by atoms with Crippen LogP contribution in [0.2, 0.25) is 5.02 Å². The van der Waals surface area contributed by atoms with E-state index in [0.717, 1.165) is 0 Å². The number of phenols is 1. The molecular formula is C12H15ClN2O2. The molecule has 5 heteroatoms. The molecule has 0 heterocycles. The summed E-state index contributed by atoms with van der Waals surface area (Å²) in [5, 5.41) is 15.5. The van der Waals surface area contributed by atoms with Gasteiger partial charge in [-0.1, -0.05) is 11.6 Å². The molecule has 1 aliphatic carbocycles. The lowest BCUT2D eigenvalue weighted by Crippen LogP contribution is -2.23. The molecule has 1 fully saturated rings. The van der Waals surface area contributed by atoms with E-state index in [9.17, 15) is 9.90 Å². The van der Waals surface area contributed by atoms with E-state index < -0.39 is 0 Å². The Bertz CT molecular complexity index is 419. The Kier molecular flexibility index (Phi) is 3.86. The molecule has 0 atom stereocenters. The monoisotopic (exact) mass is 254 g/mol. The summed E-state index contributed by atoms with van der Waals surface area (Å²) in [5.41, 5.74) is 0.601. The molecule has 1 aromatic rings. The Morgan fingerprint density at radius 1 is 1.47 bits per heavy atom. The molecule has 0 bridgehead atoms. The predicted octanol–water partition coefficient (Wildman–Crippen LogP) is 2.13. The zero-order valence-corrected chi connectivity index (χ0v) is 10.1. The van der Waals surface area contributed by atoms with Crippen LogP contribution in [0.1, 0.15) is 19.3 Å². The summed E-state index contributed by atoms with van der Waals surface area (Å²) >= 11 is 5.74. The normalized spacial score (nSPS) is 14.6. The third-order valence-electron chi connectivity index (χ3n) is 2.59. The summed E-state index contributed by atoms with van der Waals surface area (Å²) in [6.45, 7) is 0.697. The number of benzene rings is 1. The zero-order valence-electron chi connectivity index (χ0n) is 9.37. The number of nitrogens with one attached hydrogen (secondary N) is 2. The first-order valence-electron chi connectivity index (χ1n) is 5.67.